The van der Waals surface area contributed by atoms with Crippen LogP contribution in [0.15, 0.2) is 18.3 Å². The molecule has 1 rings (SSSR count). The number of esters is 1. The van der Waals surface area contributed by atoms with Gasteiger partial charge in [0, 0.05) is 19.2 Å². The third-order valence-electron chi connectivity index (χ3n) is 2.28. The molecule has 8 nitrogen and oxygen atoms in total. The van der Waals surface area contributed by atoms with Crippen LogP contribution >= 0.6 is 0 Å². The molecule has 0 aliphatic rings. The first-order valence-corrected chi connectivity index (χ1v) is 6.04. The maximum atomic E-state index is 11.5. The number of hydrogen-bond acceptors (Lipinski definition) is 6. The molecule has 1 aromatic rings. The van der Waals surface area contributed by atoms with Crippen molar-refractivity contribution in [3.8, 4) is 0 Å². The van der Waals surface area contributed by atoms with Gasteiger partial charge in [0.25, 0.3) is 0 Å². The van der Waals surface area contributed by atoms with Gasteiger partial charge < -0.3 is 14.8 Å². The minimum absolute atomic E-state index is 0.118. The van der Waals surface area contributed by atoms with Crippen LogP contribution in [0.4, 0.5) is 0 Å². The van der Waals surface area contributed by atoms with Gasteiger partial charge in [0.05, 0.1) is 19.3 Å². The van der Waals surface area contributed by atoms with E-state index in [1.807, 2.05) is 0 Å². The Labute approximate surface area is 116 Å². The zero-order chi connectivity index (χ0) is 15.0. The van der Waals surface area contributed by atoms with Crippen LogP contribution in [0.2, 0.25) is 0 Å². The molecule has 0 atom stereocenters. The van der Waals surface area contributed by atoms with Gasteiger partial charge in [-0.1, -0.05) is 11.8 Å². The highest BCUT2D eigenvalue weighted by Crippen LogP contribution is 1.96. The minimum atomic E-state index is -0.556. The summed E-state index contributed by atoms with van der Waals surface area (Å²) in [6.07, 6.45) is 1.46. The van der Waals surface area contributed by atoms with Crippen molar-refractivity contribution in [3.05, 3.63) is 24.0 Å². The predicted molar refractivity (Wildman–Crippen MR) is 70.0 cm³/mol. The van der Waals surface area contributed by atoms with Crippen molar-refractivity contribution in [2.75, 3.05) is 26.9 Å². The SMILES string of the molecule is C=C(C)C(=O)NCCn1cc(C(=O)OCCOC)nn1. The molecule has 20 heavy (non-hydrogen) atoms. The van der Waals surface area contributed by atoms with E-state index in [1.165, 1.54) is 18.0 Å². The van der Waals surface area contributed by atoms with Gasteiger partial charge in [0.1, 0.15) is 6.61 Å². The number of carbonyl (C=O) groups excluding carboxylic acids is 2. The number of aromatic nitrogens is 3. The van der Waals surface area contributed by atoms with Gasteiger partial charge in [-0.25, -0.2) is 9.48 Å². The number of rotatable bonds is 8. The molecule has 1 N–H and O–H groups in total. The van der Waals surface area contributed by atoms with Crippen molar-refractivity contribution in [1.29, 1.82) is 0 Å². The Balaban J connectivity index is 2.37. The van der Waals surface area contributed by atoms with E-state index in [4.69, 9.17) is 9.47 Å². The topological polar surface area (TPSA) is 95.3 Å². The molecule has 1 aromatic heterocycles. The van der Waals surface area contributed by atoms with Gasteiger partial charge in [-0.15, -0.1) is 5.10 Å². The number of ether oxygens (including phenoxy) is 2. The molecule has 8 heteroatoms. The highest BCUT2D eigenvalue weighted by molar-refractivity contribution is 5.92. The third kappa shape index (κ3) is 5.19. The molecule has 1 heterocycles. The van der Waals surface area contributed by atoms with Crippen molar-refractivity contribution >= 4 is 11.9 Å². The van der Waals surface area contributed by atoms with Gasteiger partial charge >= 0.3 is 5.97 Å². The molecule has 0 aliphatic carbocycles. The zero-order valence-corrected chi connectivity index (χ0v) is 11.6. The van der Waals surface area contributed by atoms with Crippen LogP contribution in [-0.2, 0) is 20.8 Å². The summed E-state index contributed by atoms with van der Waals surface area (Å²) in [5.74, 6) is -0.774. The lowest BCUT2D eigenvalue weighted by Gasteiger charge is -2.03. The van der Waals surface area contributed by atoms with Crippen molar-refractivity contribution in [1.82, 2.24) is 20.3 Å². The predicted octanol–water partition coefficient (Wildman–Crippen LogP) is -0.226. The van der Waals surface area contributed by atoms with Crippen LogP contribution in [0.5, 0.6) is 0 Å². The lowest BCUT2D eigenvalue weighted by molar-refractivity contribution is -0.117. The second-order valence-electron chi connectivity index (χ2n) is 4.03. The summed E-state index contributed by atoms with van der Waals surface area (Å²) in [5, 5.41) is 10.1. The molecular formula is C12H18N4O4. The van der Waals surface area contributed by atoms with E-state index in [9.17, 15) is 9.59 Å². The summed E-state index contributed by atoms with van der Waals surface area (Å²) < 4.78 is 11.1. The Morgan fingerprint density at radius 3 is 2.85 bits per heavy atom. The quantitative estimate of drug-likeness (QED) is 0.402. The summed E-state index contributed by atoms with van der Waals surface area (Å²) in [5.41, 5.74) is 0.554. The summed E-state index contributed by atoms with van der Waals surface area (Å²) in [7, 11) is 1.52. The Bertz CT molecular complexity index is 484. The van der Waals surface area contributed by atoms with Crippen LogP contribution in [-0.4, -0.2) is 53.7 Å². The van der Waals surface area contributed by atoms with Gasteiger partial charge in [-0.05, 0) is 6.92 Å². The minimum Gasteiger partial charge on any atom is -0.458 e. The molecule has 1 amide bonds. The van der Waals surface area contributed by atoms with E-state index in [0.29, 0.717) is 25.3 Å². The molecular weight excluding hydrogens is 264 g/mol. The van der Waals surface area contributed by atoms with E-state index in [-0.39, 0.29) is 18.2 Å². The van der Waals surface area contributed by atoms with Gasteiger partial charge in [-0.2, -0.15) is 0 Å². The van der Waals surface area contributed by atoms with Crippen molar-refractivity contribution < 1.29 is 19.1 Å². The highest BCUT2D eigenvalue weighted by Gasteiger charge is 2.12. The summed E-state index contributed by atoms with van der Waals surface area (Å²) in [4.78, 5) is 22.8. The number of hydrogen-bond donors (Lipinski definition) is 1. The standard InChI is InChI=1S/C12H18N4O4/c1-9(2)11(17)13-4-5-16-8-10(14-15-16)12(18)20-7-6-19-3/h8H,1,4-7H2,2-3H3,(H,13,17). The zero-order valence-electron chi connectivity index (χ0n) is 11.6. The largest absolute Gasteiger partial charge is 0.458 e. The van der Waals surface area contributed by atoms with Crippen molar-refractivity contribution in [2.45, 2.75) is 13.5 Å². The Kier molecular flexibility index (Phi) is 6.38. The highest BCUT2D eigenvalue weighted by atomic mass is 16.6. The fraction of sp³-hybridized carbons (Fsp3) is 0.500. The van der Waals surface area contributed by atoms with E-state index in [2.05, 4.69) is 22.2 Å². The lowest BCUT2D eigenvalue weighted by Crippen LogP contribution is -2.27. The number of methoxy groups -OCH3 is 1. The first kappa shape index (κ1) is 15.8. The first-order valence-electron chi connectivity index (χ1n) is 6.04. The molecule has 0 aromatic carbocycles. The second-order valence-corrected chi connectivity index (χ2v) is 4.03. The average Bonchev–Trinajstić information content (AvgIpc) is 2.87. The van der Waals surface area contributed by atoms with E-state index in [1.54, 1.807) is 6.92 Å². The van der Waals surface area contributed by atoms with Crippen molar-refractivity contribution in [2.24, 2.45) is 0 Å². The number of carbonyl (C=O) groups is 2. The summed E-state index contributed by atoms with van der Waals surface area (Å²) in [6, 6.07) is 0. The normalized spacial score (nSPS) is 10.1. The van der Waals surface area contributed by atoms with E-state index in [0.717, 1.165) is 0 Å². The van der Waals surface area contributed by atoms with Crippen LogP contribution in [0, 0.1) is 0 Å². The molecule has 0 unspecified atom stereocenters. The summed E-state index contributed by atoms with van der Waals surface area (Å²) in [6.45, 7) is 6.41. The molecule has 0 bridgehead atoms. The van der Waals surface area contributed by atoms with Crippen LogP contribution in [0.25, 0.3) is 0 Å². The number of nitrogens with one attached hydrogen (secondary N) is 1. The Hall–Kier alpha value is -2.22. The molecule has 110 valence electrons. The molecule has 0 radical (unpaired) electrons. The first-order chi connectivity index (χ1) is 9.54. The fourth-order valence-corrected chi connectivity index (χ4v) is 1.23. The monoisotopic (exact) mass is 282 g/mol. The third-order valence-corrected chi connectivity index (χ3v) is 2.28. The Morgan fingerprint density at radius 2 is 2.20 bits per heavy atom. The van der Waals surface area contributed by atoms with Gasteiger partial charge in [0.15, 0.2) is 5.69 Å². The van der Waals surface area contributed by atoms with Gasteiger partial charge in [0.2, 0.25) is 5.91 Å². The smallest absolute Gasteiger partial charge is 0.360 e. The van der Waals surface area contributed by atoms with E-state index >= 15 is 0 Å². The van der Waals surface area contributed by atoms with Gasteiger partial charge in [-0.3, -0.25) is 4.79 Å². The van der Waals surface area contributed by atoms with Crippen LogP contribution in [0.3, 0.4) is 0 Å². The van der Waals surface area contributed by atoms with Crippen molar-refractivity contribution in [3.63, 3.8) is 0 Å². The Morgan fingerprint density at radius 1 is 1.45 bits per heavy atom. The van der Waals surface area contributed by atoms with E-state index < -0.39 is 5.97 Å². The maximum absolute atomic E-state index is 11.5. The molecule has 0 fully saturated rings. The fourth-order valence-electron chi connectivity index (χ4n) is 1.23. The lowest BCUT2D eigenvalue weighted by atomic mass is 10.3. The molecule has 0 spiro atoms. The number of amides is 1. The molecule has 0 aliphatic heterocycles. The summed E-state index contributed by atoms with van der Waals surface area (Å²) >= 11 is 0. The average molecular weight is 282 g/mol. The van der Waals surface area contributed by atoms with Crippen LogP contribution in [0.1, 0.15) is 17.4 Å². The van der Waals surface area contributed by atoms with Crippen LogP contribution < -0.4 is 5.32 Å². The second kappa shape index (κ2) is 8.05. The molecule has 0 saturated heterocycles. The maximum Gasteiger partial charge on any atom is 0.360 e. The number of nitrogens with zero attached hydrogens (tertiary/aromatic N) is 3. The molecule has 0 saturated carbocycles.